The van der Waals surface area contributed by atoms with Crippen molar-refractivity contribution in [1.29, 1.82) is 0 Å². The summed E-state index contributed by atoms with van der Waals surface area (Å²) >= 11 is 0. The number of nitrogens with one attached hydrogen (secondary N) is 1. The van der Waals surface area contributed by atoms with Gasteiger partial charge in [0.05, 0.1) is 11.5 Å². The first-order chi connectivity index (χ1) is 12.9. The largest absolute Gasteiger partial charge is 0.493 e. The summed E-state index contributed by atoms with van der Waals surface area (Å²) in [6.07, 6.45) is 0. The van der Waals surface area contributed by atoms with E-state index in [-0.39, 0.29) is 4.90 Å². The smallest absolute Gasteiger partial charge is 0.263 e. The van der Waals surface area contributed by atoms with Crippen LogP contribution in [0.4, 0.5) is 5.82 Å². The van der Waals surface area contributed by atoms with Gasteiger partial charge in [-0.05, 0) is 62.2 Å². The van der Waals surface area contributed by atoms with E-state index < -0.39 is 10.0 Å². The van der Waals surface area contributed by atoms with Crippen LogP contribution in [0.3, 0.4) is 0 Å². The summed E-state index contributed by atoms with van der Waals surface area (Å²) in [5.74, 6) is 1.08. The van der Waals surface area contributed by atoms with Crippen LogP contribution in [0.15, 0.2) is 65.6 Å². The summed E-state index contributed by atoms with van der Waals surface area (Å²) < 4.78 is 33.8. The van der Waals surface area contributed by atoms with Crippen molar-refractivity contribution in [3.63, 3.8) is 0 Å². The Kier molecular flexibility index (Phi) is 5.46. The molecular formula is C21H22N2O3S. The van der Waals surface area contributed by atoms with Gasteiger partial charge < -0.3 is 4.74 Å². The molecule has 0 aliphatic carbocycles. The molecule has 0 spiro atoms. The molecular weight excluding hydrogens is 360 g/mol. The number of para-hydroxylation sites is 1. The van der Waals surface area contributed by atoms with Gasteiger partial charge in [0.15, 0.2) is 0 Å². The van der Waals surface area contributed by atoms with Gasteiger partial charge >= 0.3 is 0 Å². The molecule has 0 aliphatic rings. The van der Waals surface area contributed by atoms with Crippen LogP contribution >= 0.6 is 0 Å². The summed E-state index contributed by atoms with van der Waals surface area (Å²) in [4.78, 5) is 4.43. The number of pyridine rings is 1. The van der Waals surface area contributed by atoms with Crippen LogP contribution in [0.5, 0.6) is 5.75 Å². The quantitative estimate of drug-likeness (QED) is 0.678. The van der Waals surface area contributed by atoms with Crippen molar-refractivity contribution >= 4 is 15.8 Å². The molecule has 27 heavy (non-hydrogen) atoms. The minimum absolute atomic E-state index is 0.225. The number of sulfonamides is 1. The first-order valence-electron chi connectivity index (χ1n) is 8.70. The van der Waals surface area contributed by atoms with Gasteiger partial charge in [0.1, 0.15) is 11.6 Å². The second kappa shape index (κ2) is 7.80. The van der Waals surface area contributed by atoms with Gasteiger partial charge in [0.2, 0.25) is 0 Å². The highest BCUT2D eigenvalue weighted by atomic mass is 32.2. The van der Waals surface area contributed by atoms with E-state index in [9.17, 15) is 8.42 Å². The van der Waals surface area contributed by atoms with Crippen molar-refractivity contribution in [3.05, 3.63) is 71.9 Å². The fraction of sp³-hybridized carbons (Fsp3) is 0.190. The highest BCUT2D eigenvalue weighted by molar-refractivity contribution is 7.92. The van der Waals surface area contributed by atoms with Crippen molar-refractivity contribution in [2.75, 3.05) is 11.3 Å². The Labute approximate surface area is 160 Å². The fourth-order valence-electron chi connectivity index (χ4n) is 2.90. The van der Waals surface area contributed by atoms with Gasteiger partial charge in [-0.2, -0.15) is 0 Å². The van der Waals surface area contributed by atoms with Crippen LogP contribution in [-0.2, 0) is 10.0 Å². The topological polar surface area (TPSA) is 68.3 Å². The molecule has 0 bridgehead atoms. The molecule has 140 valence electrons. The molecule has 0 saturated carbocycles. The molecule has 0 radical (unpaired) electrons. The highest BCUT2D eigenvalue weighted by Crippen LogP contribution is 2.32. The van der Waals surface area contributed by atoms with E-state index in [0.717, 1.165) is 22.6 Å². The number of rotatable bonds is 6. The Bertz CT molecular complexity index is 1060. The average Bonchev–Trinajstić information content (AvgIpc) is 2.62. The second-order valence-corrected chi connectivity index (χ2v) is 7.83. The molecule has 2 aromatic carbocycles. The monoisotopic (exact) mass is 382 g/mol. The molecule has 0 fully saturated rings. The van der Waals surface area contributed by atoms with Gasteiger partial charge in [-0.15, -0.1) is 0 Å². The second-order valence-electron chi connectivity index (χ2n) is 6.18. The van der Waals surface area contributed by atoms with Gasteiger partial charge in [-0.25, -0.2) is 13.4 Å². The van der Waals surface area contributed by atoms with Gasteiger partial charge in [0, 0.05) is 11.3 Å². The van der Waals surface area contributed by atoms with E-state index in [2.05, 4.69) is 9.71 Å². The van der Waals surface area contributed by atoms with Crippen molar-refractivity contribution in [2.24, 2.45) is 0 Å². The molecule has 1 aromatic heterocycles. The standard InChI is InChI=1S/C21H22N2O3S/c1-4-26-19-10-6-5-9-18(19)17-12-13-20(15(2)14-17)27(24,25)23-21-11-7-8-16(3)22-21/h5-14H,4H2,1-3H3,(H,22,23). The first kappa shape index (κ1) is 18.9. The third-order valence-corrected chi connectivity index (χ3v) is 5.60. The molecule has 3 aromatic rings. The minimum Gasteiger partial charge on any atom is -0.493 e. The number of hydrogen-bond acceptors (Lipinski definition) is 4. The van der Waals surface area contributed by atoms with E-state index in [1.54, 1.807) is 31.2 Å². The normalized spacial score (nSPS) is 11.2. The molecule has 1 heterocycles. The molecule has 0 aliphatic heterocycles. The lowest BCUT2D eigenvalue weighted by Crippen LogP contribution is -2.15. The number of ether oxygens (including phenoxy) is 1. The maximum atomic E-state index is 12.8. The van der Waals surface area contributed by atoms with Crippen LogP contribution in [0, 0.1) is 13.8 Å². The van der Waals surface area contributed by atoms with Crippen molar-refractivity contribution in [1.82, 2.24) is 4.98 Å². The van der Waals surface area contributed by atoms with Crippen LogP contribution in [0.25, 0.3) is 11.1 Å². The van der Waals surface area contributed by atoms with Crippen LogP contribution < -0.4 is 9.46 Å². The first-order valence-corrected chi connectivity index (χ1v) is 10.2. The van der Waals surface area contributed by atoms with Gasteiger partial charge in [-0.3, -0.25) is 4.72 Å². The van der Waals surface area contributed by atoms with E-state index in [1.807, 2.05) is 50.2 Å². The summed E-state index contributed by atoms with van der Waals surface area (Å²) in [6.45, 7) is 6.09. The summed E-state index contributed by atoms with van der Waals surface area (Å²) in [7, 11) is -3.72. The zero-order valence-electron chi connectivity index (χ0n) is 15.6. The molecule has 6 heteroatoms. The lowest BCUT2D eigenvalue weighted by Gasteiger charge is -2.13. The number of anilines is 1. The van der Waals surface area contributed by atoms with E-state index in [4.69, 9.17) is 4.74 Å². The zero-order chi connectivity index (χ0) is 19.4. The summed E-state index contributed by atoms with van der Waals surface area (Å²) in [6, 6.07) is 18.2. The molecule has 3 rings (SSSR count). The highest BCUT2D eigenvalue weighted by Gasteiger charge is 2.18. The molecule has 0 atom stereocenters. The predicted octanol–water partition coefficient (Wildman–Crippen LogP) is 4.56. The number of hydrogen-bond donors (Lipinski definition) is 1. The Balaban J connectivity index is 1.95. The summed E-state index contributed by atoms with van der Waals surface area (Å²) in [5.41, 5.74) is 3.23. The Morgan fingerprint density at radius 2 is 1.78 bits per heavy atom. The number of aromatic nitrogens is 1. The molecule has 1 N–H and O–H groups in total. The number of nitrogens with zero attached hydrogens (tertiary/aromatic N) is 1. The van der Waals surface area contributed by atoms with E-state index in [0.29, 0.717) is 18.0 Å². The lowest BCUT2D eigenvalue weighted by atomic mass is 10.0. The molecule has 0 saturated heterocycles. The van der Waals surface area contributed by atoms with Crippen LogP contribution in [0.1, 0.15) is 18.2 Å². The maximum Gasteiger partial charge on any atom is 0.263 e. The number of aryl methyl sites for hydroxylation is 2. The summed E-state index contributed by atoms with van der Waals surface area (Å²) in [5, 5.41) is 0. The minimum atomic E-state index is -3.72. The molecule has 0 unspecified atom stereocenters. The average molecular weight is 382 g/mol. The Hall–Kier alpha value is -2.86. The third kappa shape index (κ3) is 4.28. The van der Waals surface area contributed by atoms with E-state index in [1.165, 1.54) is 0 Å². The van der Waals surface area contributed by atoms with Crippen LogP contribution in [0.2, 0.25) is 0 Å². The molecule has 5 nitrogen and oxygen atoms in total. The van der Waals surface area contributed by atoms with Crippen molar-refractivity contribution in [3.8, 4) is 16.9 Å². The lowest BCUT2D eigenvalue weighted by molar-refractivity contribution is 0.341. The number of benzene rings is 2. The van der Waals surface area contributed by atoms with Crippen molar-refractivity contribution < 1.29 is 13.2 Å². The van der Waals surface area contributed by atoms with E-state index >= 15 is 0 Å². The Morgan fingerprint density at radius 1 is 1.00 bits per heavy atom. The molecule has 0 amide bonds. The SMILES string of the molecule is CCOc1ccccc1-c1ccc(S(=O)(=O)Nc2cccc(C)n2)c(C)c1. The van der Waals surface area contributed by atoms with Gasteiger partial charge in [-0.1, -0.05) is 30.3 Å². The van der Waals surface area contributed by atoms with Gasteiger partial charge in [0.25, 0.3) is 10.0 Å². The van der Waals surface area contributed by atoms with Crippen molar-refractivity contribution in [2.45, 2.75) is 25.7 Å². The third-order valence-electron chi connectivity index (χ3n) is 4.09. The zero-order valence-corrected chi connectivity index (χ0v) is 16.4. The maximum absolute atomic E-state index is 12.8. The fourth-order valence-corrected chi connectivity index (χ4v) is 4.13. The predicted molar refractivity (Wildman–Crippen MR) is 108 cm³/mol. The van der Waals surface area contributed by atoms with Crippen LogP contribution in [-0.4, -0.2) is 20.0 Å². The Morgan fingerprint density at radius 3 is 2.48 bits per heavy atom.